The predicted octanol–water partition coefficient (Wildman–Crippen LogP) is 0.953. The van der Waals surface area contributed by atoms with E-state index in [9.17, 15) is 9.59 Å². The lowest BCUT2D eigenvalue weighted by Crippen LogP contribution is -2.50. The number of para-hydroxylation sites is 1. The molecule has 24 heavy (non-hydrogen) atoms. The van der Waals surface area contributed by atoms with Crippen LogP contribution < -0.4 is 16.0 Å². The van der Waals surface area contributed by atoms with Gasteiger partial charge in [-0.2, -0.15) is 0 Å². The van der Waals surface area contributed by atoms with Crippen LogP contribution in [0, 0.1) is 5.92 Å². The fourth-order valence-corrected chi connectivity index (χ4v) is 2.97. The Hall–Kier alpha value is -2.08. The summed E-state index contributed by atoms with van der Waals surface area (Å²) in [6.07, 6.45) is 0. The predicted molar refractivity (Wildman–Crippen MR) is 95.5 cm³/mol. The molecule has 3 N–H and O–H groups in total. The average molecular weight is 332 g/mol. The second-order valence-electron chi connectivity index (χ2n) is 6.87. The van der Waals surface area contributed by atoms with Crippen LogP contribution in [0.25, 0.3) is 0 Å². The van der Waals surface area contributed by atoms with E-state index in [1.54, 1.807) is 0 Å². The molecule has 132 valence electrons. The first-order valence-corrected chi connectivity index (χ1v) is 8.43. The molecule has 1 unspecified atom stereocenters. The van der Waals surface area contributed by atoms with Crippen LogP contribution in [0.3, 0.4) is 0 Å². The third kappa shape index (κ3) is 4.06. The number of carbonyl (C=O) groups excluding carboxylic acids is 2. The summed E-state index contributed by atoms with van der Waals surface area (Å²) in [7, 11) is 2.03. The third-order valence-corrected chi connectivity index (χ3v) is 4.57. The standard InChI is InChI=1S/C18H28N4O2/c1-12(2)17(19)18(24)20-9-16(23)22-11-14-7-5-6-8-15(14)21(4)10-13(22)3/h5-8,12-13,17H,9-11,19H2,1-4H3,(H,20,24)/t13?,17-/m0/s1. The van der Waals surface area contributed by atoms with Crippen LogP contribution >= 0.6 is 0 Å². The summed E-state index contributed by atoms with van der Waals surface area (Å²) < 4.78 is 0. The van der Waals surface area contributed by atoms with E-state index >= 15 is 0 Å². The summed E-state index contributed by atoms with van der Waals surface area (Å²) >= 11 is 0. The van der Waals surface area contributed by atoms with Crippen molar-refractivity contribution in [3.8, 4) is 0 Å². The highest BCUT2D eigenvalue weighted by Gasteiger charge is 2.27. The van der Waals surface area contributed by atoms with Gasteiger partial charge in [0.15, 0.2) is 0 Å². The Morgan fingerprint density at radius 2 is 2.00 bits per heavy atom. The molecule has 0 aromatic heterocycles. The van der Waals surface area contributed by atoms with Crippen LogP contribution in [-0.4, -0.2) is 48.9 Å². The zero-order valence-corrected chi connectivity index (χ0v) is 15.0. The summed E-state index contributed by atoms with van der Waals surface area (Å²) in [5.41, 5.74) is 8.07. The smallest absolute Gasteiger partial charge is 0.242 e. The van der Waals surface area contributed by atoms with Gasteiger partial charge >= 0.3 is 0 Å². The number of nitrogens with two attached hydrogens (primary N) is 1. The summed E-state index contributed by atoms with van der Waals surface area (Å²) in [5, 5.41) is 2.67. The molecule has 1 aliphatic rings. The van der Waals surface area contributed by atoms with Crippen LogP contribution in [-0.2, 0) is 16.1 Å². The van der Waals surface area contributed by atoms with Crippen molar-refractivity contribution in [2.24, 2.45) is 11.7 Å². The number of nitrogens with one attached hydrogen (secondary N) is 1. The SMILES string of the molecule is CC(C)[C@H](N)C(=O)NCC(=O)N1Cc2ccccc2N(C)CC1C. The average Bonchev–Trinajstić information content (AvgIpc) is 2.68. The van der Waals surface area contributed by atoms with Gasteiger partial charge in [0.25, 0.3) is 0 Å². The van der Waals surface area contributed by atoms with Crippen molar-refractivity contribution in [3.05, 3.63) is 29.8 Å². The second kappa shape index (κ2) is 7.66. The van der Waals surface area contributed by atoms with E-state index in [0.29, 0.717) is 6.54 Å². The lowest BCUT2D eigenvalue weighted by Gasteiger charge is -2.29. The van der Waals surface area contributed by atoms with Crippen LogP contribution in [0.2, 0.25) is 0 Å². The van der Waals surface area contributed by atoms with E-state index in [-0.39, 0.29) is 30.3 Å². The molecule has 0 spiro atoms. The number of amides is 2. The van der Waals surface area contributed by atoms with Gasteiger partial charge < -0.3 is 20.9 Å². The first-order chi connectivity index (χ1) is 11.3. The van der Waals surface area contributed by atoms with Gasteiger partial charge in [-0.15, -0.1) is 0 Å². The molecular formula is C18H28N4O2. The normalized spacial score (nSPS) is 18.8. The first kappa shape index (κ1) is 18.3. The molecule has 2 amide bonds. The monoisotopic (exact) mass is 332 g/mol. The maximum absolute atomic E-state index is 12.6. The van der Waals surface area contributed by atoms with Gasteiger partial charge in [0.2, 0.25) is 11.8 Å². The number of anilines is 1. The summed E-state index contributed by atoms with van der Waals surface area (Å²) in [6, 6.07) is 7.56. The van der Waals surface area contributed by atoms with E-state index in [1.807, 2.05) is 50.9 Å². The Kier molecular flexibility index (Phi) is 5.83. The number of fused-ring (bicyclic) bond motifs is 1. The number of benzene rings is 1. The van der Waals surface area contributed by atoms with E-state index in [1.165, 1.54) is 0 Å². The second-order valence-corrected chi connectivity index (χ2v) is 6.87. The molecule has 1 aromatic rings. The maximum Gasteiger partial charge on any atom is 0.242 e. The number of hydrogen-bond acceptors (Lipinski definition) is 4. The minimum atomic E-state index is -0.591. The minimum Gasteiger partial charge on any atom is -0.372 e. The van der Waals surface area contributed by atoms with Gasteiger partial charge in [-0.25, -0.2) is 0 Å². The van der Waals surface area contributed by atoms with Gasteiger partial charge in [-0.05, 0) is 24.5 Å². The molecule has 1 aliphatic heterocycles. The van der Waals surface area contributed by atoms with E-state index < -0.39 is 6.04 Å². The first-order valence-electron chi connectivity index (χ1n) is 8.43. The van der Waals surface area contributed by atoms with Gasteiger partial charge in [-0.3, -0.25) is 9.59 Å². The largest absolute Gasteiger partial charge is 0.372 e. The molecular weight excluding hydrogens is 304 g/mol. The van der Waals surface area contributed by atoms with Gasteiger partial charge in [0, 0.05) is 31.9 Å². The van der Waals surface area contributed by atoms with Crippen molar-refractivity contribution in [2.75, 3.05) is 25.0 Å². The molecule has 0 saturated heterocycles. The number of hydrogen-bond donors (Lipinski definition) is 2. The Balaban J connectivity index is 2.05. The quantitative estimate of drug-likeness (QED) is 0.860. The van der Waals surface area contributed by atoms with Crippen LogP contribution in [0.4, 0.5) is 5.69 Å². The molecule has 2 atom stereocenters. The van der Waals surface area contributed by atoms with Crippen molar-refractivity contribution in [2.45, 2.75) is 39.4 Å². The highest BCUT2D eigenvalue weighted by atomic mass is 16.2. The van der Waals surface area contributed by atoms with Crippen molar-refractivity contribution in [1.29, 1.82) is 0 Å². The van der Waals surface area contributed by atoms with Crippen molar-refractivity contribution < 1.29 is 9.59 Å². The summed E-state index contributed by atoms with van der Waals surface area (Å²) in [5.74, 6) is -0.326. The minimum absolute atomic E-state index is 0.0184. The third-order valence-electron chi connectivity index (χ3n) is 4.57. The van der Waals surface area contributed by atoms with Crippen LogP contribution in [0.15, 0.2) is 24.3 Å². The number of likely N-dealkylation sites (N-methyl/N-ethyl adjacent to an activating group) is 1. The summed E-state index contributed by atoms with van der Waals surface area (Å²) in [4.78, 5) is 28.6. The fraction of sp³-hybridized carbons (Fsp3) is 0.556. The highest BCUT2D eigenvalue weighted by molar-refractivity contribution is 5.87. The topological polar surface area (TPSA) is 78.7 Å². The molecule has 1 aromatic carbocycles. The molecule has 2 rings (SSSR count). The van der Waals surface area contributed by atoms with Crippen molar-refractivity contribution in [3.63, 3.8) is 0 Å². The lowest BCUT2D eigenvalue weighted by molar-refractivity contribution is -0.135. The van der Waals surface area contributed by atoms with Crippen LogP contribution in [0.5, 0.6) is 0 Å². The zero-order chi connectivity index (χ0) is 17.9. The molecule has 0 saturated carbocycles. The maximum atomic E-state index is 12.6. The lowest BCUT2D eigenvalue weighted by atomic mass is 10.1. The Morgan fingerprint density at radius 3 is 2.67 bits per heavy atom. The molecule has 1 heterocycles. The van der Waals surface area contributed by atoms with E-state index in [0.717, 1.165) is 17.8 Å². The Labute approximate surface area is 144 Å². The van der Waals surface area contributed by atoms with E-state index in [2.05, 4.69) is 16.3 Å². The molecule has 0 fully saturated rings. The van der Waals surface area contributed by atoms with Gasteiger partial charge in [-0.1, -0.05) is 32.0 Å². The molecule has 0 aliphatic carbocycles. The number of carbonyl (C=O) groups is 2. The Bertz CT molecular complexity index is 602. The van der Waals surface area contributed by atoms with Crippen molar-refractivity contribution in [1.82, 2.24) is 10.2 Å². The summed E-state index contributed by atoms with van der Waals surface area (Å²) in [6.45, 7) is 7.08. The Morgan fingerprint density at radius 1 is 1.33 bits per heavy atom. The molecule has 0 radical (unpaired) electrons. The fourth-order valence-electron chi connectivity index (χ4n) is 2.97. The van der Waals surface area contributed by atoms with Crippen molar-refractivity contribution >= 4 is 17.5 Å². The zero-order valence-electron chi connectivity index (χ0n) is 15.0. The molecule has 0 bridgehead atoms. The highest BCUT2D eigenvalue weighted by Crippen LogP contribution is 2.25. The van der Waals surface area contributed by atoms with Gasteiger partial charge in [0.05, 0.1) is 12.6 Å². The number of nitrogens with zero attached hydrogens (tertiary/aromatic N) is 2. The van der Waals surface area contributed by atoms with Crippen LogP contribution in [0.1, 0.15) is 26.3 Å². The van der Waals surface area contributed by atoms with E-state index in [4.69, 9.17) is 5.73 Å². The van der Waals surface area contributed by atoms with Gasteiger partial charge in [0.1, 0.15) is 0 Å². The number of rotatable bonds is 4. The molecule has 6 heteroatoms. The molecule has 6 nitrogen and oxygen atoms in total.